The molecule has 1 unspecified atom stereocenters. The van der Waals surface area contributed by atoms with Gasteiger partial charge in [-0.25, -0.2) is 0 Å². The van der Waals surface area contributed by atoms with Crippen LogP contribution in [-0.4, -0.2) is 23.2 Å². The third-order valence-corrected chi connectivity index (χ3v) is 4.06. The minimum atomic E-state index is 0.369. The van der Waals surface area contributed by atoms with Gasteiger partial charge in [-0.1, -0.05) is 47.8 Å². The molecule has 0 spiro atoms. The maximum absolute atomic E-state index is 6.00. The quantitative estimate of drug-likeness (QED) is 0.837. The van der Waals surface area contributed by atoms with Gasteiger partial charge in [-0.3, -0.25) is 0 Å². The van der Waals surface area contributed by atoms with Gasteiger partial charge in [-0.05, 0) is 31.2 Å². The highest BCUT2D eigenvalue weighted by Crippen LogP contribution is 2.23. The molecule has 0 radical (unpaired) electrons. The van der Waals surface area contributed by atoms with E-state index in [4.69, 9.17) is 27.7 Å². The normalized spacial score (nSPS) is 12.6. The first-order valence-corrected chi connectivity index (χ1v) is 7.80. The molecular formula is C15H19Cl2N3O. The number of hydrogen-bond donors (Lipinski definition) is 1. The van der Waals surface area contributed by atoms with E-state index in [-0.39, 0.29) is 0 Å². The van der Waals surface area contributed by atoms with Gasteiger partial charge in [0.15, 0.2) is 5.82 Å². The van der Waals surface area contributed by atoms with E-state index in [2.05, 4.69) is 22.4 Å². The molecule has 2 rings (SSSR count). The molecule has 21 heavy (non-hydrogen) atoms. The summed E-state index contributed by atoms with van der Waals surface area (Å²) in [5.41, 5.74) is 1.01. The third-order valence-electron chi connectivity index (χ3n) is 3.32. The Balaban J connectivity index is 2.00. The number of likely N-dealkylation sites (N-methyl/N-ethyl adjacent to an activating group) is 1. The second-order valence-electron chi connectivity index (χ2n) is 5.01. The van der Waals surface area contributed by atoms with Crippen molar-refractivity contribution in [1.29, 1.82) is 0 Å². The van der Waals surface area contributed by atoms with Gasteiger partial charge in [0.25, 0.3) is 0 Å². The van der Waals surface area contributed by atoms with E-state index < -0.39 is 0 Å². The van der Waals surface area contributed by atoms with Crippen LogP contribution in [0, 0.1) is 0 Å². The number of hydrogen-bond acceptors (Lipinski definition) is 4. The van der Waals surface area contributed by atoms with Crippen LogP contribution in [0.1, 0.15) is 37.0 Å². The number of aromatic nitrogens is 2. The summed E-state index contributed by atoms with van der Waals surface area (Å²) in [6, 6.07) is 5.89. The maximum atomic E-state index is 6.00. The van der Waals surface area contributed by atoms with Crippen LogP contribution in [0.3, 0.4) is 0 Å². The first kappa shape index (κ1) is 16.3. The summed E-state index contributed by atoms with van der Waals surface area (Å²) in [6.07, 6.45) is 3.54. The third kappa shape index (κ3) is 4.70. The zero-order chi connectivity index (χ0) is 15.2. The number of halogens is 2. The molecule has 0 aliphatic rings. The Bertz CT molecular complexity index is 586. The molecule has 0 amide bonds. The van der Waals surface area contributed by atoms with E-state index in [9.17, 15) is 0 Å². The van der Waals surface area contributed by atoms with Gasteiger partial charge in [-0.2, -0.15) is 4.98 Å². The molecule has 0 aliphatic carbocycles. The van der Waals surface area contributed by atoms with Crippen LogP contribution < -0.4 is 5.32 Å². The van der Waals surface area contributed by atoms with Crippen molar-refractivity contribution >= 4 is 23.2 Å². The predicted octanol–water partition coefficient (Wildman–Crippen LogP) is 3.90. The Morgan fingerprint density at radius 3 is 2.76 bits per heavy atom. The number of nitrogens with one attached hydrogen (secondary N) is 1. The first-order valence-electron chi connectivity index (χ1n) is 7.05. The molecule has 0 saturated carbocycles. The van der Waals surface area contributed by atoms with Gasteiger partial charge < -0.3 is 9.84 Å². The van der Waals surface area contributed by atoms with Gasteiger partial charge >= 0.3 is 0 Å². The molecule has 0 fully saturated rings. The fourth-order valence-electron chi connectivity index (χ4n) is 2.18. The minimum absolute atomic E-state index is 0.369. The average molecular weight is 328 g/mol. The van der Waals surface area contributed by atoms with Crippen LogP contribution in [0.5, 0.6) is 0 Å². The second-order valence-corrected chi connectivity index (χ2v) is 5.82. The highest BCUT2D eigenvalue weighted by Gasteiger charge is 2.13. The zero-order valence-electron chi connectivity index (χ0n) is 12.2. The fraction of sp³-hybridized carbons (Fsp3) is 0.467. The molecule has 0 aliphatic heterocycles. The smallest absolute Gasteiger partial charge is 0.228 e. The molecule has 0 saturated heterocycles. The summed E-state index contributed by atoms with van der Waals surface area (Å²) in [4.78, 5) is 4.43. The van der Waals surface area contributed by atoms with E-state index >= 15 is 0 Å². The predicted molar refractivity (Wildman–Crippen MR) is 85.0 cm³/mol. The van der Waals surface area contributed by atoms with E-state index in [0.717, 1.165) is 24.8 Å². The van der Waals surface area contributed by atoms with E-state index in [1.165, 1.54) is 0 Å². The number of benzene rings is 1. The van der Waals surface area contributed by atoms with E-state index in [1.54, 1.807) is 6.07 Å². The van der Waals surface area contributed by atoms with Gasteiger partial charge in [0.2, 0.25) is 5.89 Å². The SMILES string of the molecule is CCCC(Cc1nc(Cc2ccc(Cl)c(Cl)c2)no1)NC. The summed E-state index contributed by atoms with van der Waals surface area (Å²) < 4.78 is 5.31. The highest BCUT2D eigenvalue weighted by atomic mass is 35.5. The van der Waals surface area contributed by atoms with Crippen LogP contribution in [0.2, 0.25) is 10.0 Å². The summed E-state index contributed by atoms with van der Waals surface area (Å²) >= 11 is 11.9. The molecule has 4 nitrogen and oxygen atoms in total. The van der Waals surface area contributed by atoms with Crippen molar-refractivity contribution in [3.63, 3.8) is 0 Å². The van der Waals surface area contributed by atoms with Crippen LogP contribution in [0.25, 0.3) is 0 Å². The molecule has 1 heterocycles. The molecule has 6 heteroatoms. The van der Waals surface area contributed by atoms with Crippen molar-refractivity contribution in [3.8, 4) is 0 Å². The average Bonchev–Trinajstić information content (AvgIpc) is 2.89. The molecule has 0 bridgehead atoms. The van der Waals surface area contributed by atoms with Crippen LogP contribution in [0.15, 0.2) is 22.7 Å². The lowest BCUT2D eigenvalue weighted by molar-refractivity contribution is 0.352. The molecular weight excluding hydrogens is 309 g/mol. The van der Waals surface area contributed by atoms with Crippen molar-refractivity contribution in [3.05, 3.63) is 45.5 Å². The van der Waals surface area contributed by atoms with Crippen molar-refractivity contribution < 1.29 is 4.52 Å². The Labute approximate surface area is 134 Å². The highest BCUT2D eigenvalue weighted by molar-refractivity contribution is 6.42. The summed E-state index contributed by atoms with van der Waals surface area (Å²) in [7, 11) is 1.95. The van der Waals surface area contributed by atoms with Crippen molar-refractivity contribution in [1.82, 2.24) is 15.5 Å². The summed E-state index contributed by atoms with van der Waals surface area (Å²) in [5, 5.41) is 8.37. The Hall–Kier alpha value is -1.10. The molecule has 1 atom stereocenters. The Morgan fingerprint density at radius 1 is 1.29 bits per heavy atom. The Morgan fingerprint density at radius 2 is 2.10 bits per heavy atom. The summed E-state index contributed by atoms with van der Waals surface area (Å²) in [5.74, 6) is 1.33. The second kappa shape index (κ2) is 7.78. The largest absolute Gasteiger partial charge is 0.339 e. The van der Waals surface area contributed by atoms with Crippen molar-refractivity contribution in [2.24, 2.45) is 0 Å². The van der Waals surface area contributed by atoms with Gasteiger partial charge in [0.05, 0.1) is 10.0 Å². The van der Waals surface area contributed by atoms with Gasteiger partial charge in [-0.15, -0.1) is 0 Å². The number of rotatable bonds is 7. The molecule has 2 aromatic rings. The molecule has 1 aromatic heterocycles. The van der Waals surface area contributed by atoms with Crippen LogP contribution in [-0.2, 0) is 12.8 Å². The van der Waals surface area contributed by atoms with Crippen LogP contribution in [0.4, 0.5) is 0 Å². The lowest BCUT2D eigenvalue weighted by Gasteiger charge is -2.11. The monoisotopic (exact) mass is 327 g/mol. The molecule has 1 aromatic carbocycles. The number of nitrogens with zero attached hydrogens (tertiary/aromatic N) is 2. The van der Waals surface area contributed by atoms with E-state index in [1.807, 2.05) is 19.2 Å². The molecule has 1 N–H and O–H groups in total. The molecule has 114 valence electrons. The maximum Gasteiger partial charge on any atom is 0.228 e. The minimum Gasteiger partial charge on any atom is -0.339 e. The lowest BCUT2D eigenvalue weighted by atomic mass is 10.1. The van der Waals surface area contributed by atoms with Gasteiger partial charge in [0, 0.05) is 18.9 Å². The standard InChI is InChI=1S/C15H19Cl2N3O/c1-3-4-11(18-2)9-15-19-14(20-21-15)8-10-5-6-12(16)13(17)7-10/h5-7,11,18H,3-4,8-9H2,1-2H3. The van der Waals surface area contributed by atoms with Gasteiger partial charge in [0.1, 0.15) is 0 Å². The Kier molecular flexibility index (Phi) is 6.03. The van der Waals surface area contributed by atoms with E-state index in [0.29, 0.717) is 34.2 Å². The summed E-state index contributed by atoms with van der Waals surface area (Å²) in [6.45, 7) is 2.16. The fourth-order valence-corrected chi connectivity index (χ4v) is 2.51. The first-order chi connectivity index (χ1) is 10.1. The van der Waals surface area contributed by atoms with Crippen molar-refractivity contribution in [2.75, 3.05) is 7.05 Å². The van der Waals surface area contributed by atoms with Crippen molar-refractivity contribution in [2.45, 2.75) is 38.6 Å². The lowest BCUT2D eigenvalue weighted by Crippen LogP contribution is -2.27. The zero-order valence-corrected chi connectivity index (χ0v) is 13.7. The van der Waals surface area contributed by atoms with Crippen LogP contribution >= 0.6 is 23.2 Å². The topological polar surface area (TPSA) is 51.0 Å².